The molecule has 1 N–H and O–H groups in total. The van der Waals surface area contributed by atoms with Gasteiger partial charge in [-0.15, -0.1) is 0 Å². The zero-order valence-corrected chi connectivity index (χ0v) is 15.2. The van der Waals surface area contributed by atoms with E-state index in [1.807, 2.05) is 48.5 Å². The minimum atomic E-state index is 0.674. The van der Waals surface area contributed by atoms with Gasteiger partial charge in [0.25, 0.3) is 0 Å². The van der Waals surface area contributed by atoms with E-state index in [1.165, 1.54) is 10.5 Å². The Balaban J connectivity index is 1.63. The summed E-state index contributed by atoms with van der Waals surface area (Å²) >= 11 is 7.22. The first-order valence-electron chi connectivity index (χ1n) is 7.91. The van der Waals surface area contributed by atoms with Crippen LogP contribution in [0.25, 0.3) is 0 Å². The Bertz CT molecular complexity index is 832. The molecule has 2 aromatic carbocycles. The number of nitrogens with one attached hydrogen (secondary N) is 1. The van der Waals surface area contributed by atoms with E-state index in [0.717, 1.165) is 35.5 Å². The molecule has 0 saturated carbocycles. The molecule has 0 bridgehead atoms. The highest BCUT2D eigenvalue weighted by Gasteiger charge is 2.25. The second-order valence-corrected chi connectivity index (χ2v) is 7.56. The Labute approximate surface area is 157 Å². The minimum Gasteiger partial charge on any atom is -0.306 e. The number of thiocarbonyl (C=S) groups is 1. The van der Waals surface area contributed by atoms with Crippen LogP contribution in [0.2, 0.25) is 0 Å². The van der Waals surface area contributed by atoms with Crippen LogP contribution in [0.4, 0.5) is 0 Å². The maximum Gasteiger partial charge on any atom is 0.155 e. The minimum absolute atomic E-state index is 0.674. The molecule has 0 spiro atoms. The van der Waals surface area contributed by atoms with Gasteiger partial charge in [-0.1, -0.05) is 36.5 Å². The molecular formula is C19H17N4S2+. The smallest absolute Gasteiger partial charge is 0.155 e. The van der Waals surface area contributed by atoms with Crippen molar-refractivity contribution in [2.45, 2.75) is 13.1 Å². The molecule has 1 unspecified atom stereocenters. The van der Waals surface area contributed by atoms with Gasteiger partial charge in [0.2, 0.25) is 0 Å². The highest BCUT2D eigenvalue weighted by atomic mass is 32.2. The van der Waals surface area contributed by atoms with Crippen molar-refractivity contribution < 1.29 is 4.90 Å². The Kier molecular flexibility index (Phi) is 5.67. The number of thioether (sulfide) groups is 1. The Morgan fingerprint density at radius 1 is 0.960 bits per heavy atom. The maximum absolute atomic E-state index is 8.89. The molecular weight excluding hydrogens is 348 g/mol. The van der Waals surface area contributed by atoms with Crippen molar-refractivity contribution in [3.05, 3.63) is 70.8 Å². The molecule has 3 rings (SSSR count). The van der Waals surface area contributed by atoms with Gasteiger partial charge in [-0.25, -0.2) is 0 Å². The van der Waals surface area contributed by atoms with Crippen molar-refractivity contribution in [1.82, 2.24) is 4.90 Å². The van der Waals surface area contributed by atoms with Gasteiger partial charge >= 0.3 is 0 Å². The van der Waals surface area contributed by atoms with E-state index in [0.29, 0.717) is 11.1 Å². The lowest BCUT2D eigenvalue weighted by molar-refractivity contribution is -0.911. The van der Waals surface area contributed by atoms with Gasteiger partial charge < -0.3 is 9.80 Å². The Hall–Kier alpha value is -2.38. The lowest BCUT2D eigenvalue weighted by Crippen LogP contribution is -3.13. The number of benzene rings is 2. The number of quaternary nitrogens is 1. The summed E-state index contributed by atoms with van der Waals surface area (Å²) in [6.45, 7) is 2.52. The van der Waals surface area contributed by atoms with E-state index in [9.17, 15) is 0 Å². The first-order valence-corrected chi connectivity index (χ1v) is 9.30. The second-order valence-electron chi connectivity index (χ2n) is 5.95. The van der Waals surface area contributed by atoms with Crippen LogP contribution < -0.4 is 4.90 Å². The molecule has 4 nitrogen and oxygen atoms in total. The van der Waals surface area contributed by atoms with Gasteiger partial charge in [-0.2, -0.15) is 10.5 Å². The number of hydrogen-bond acceptors (Lipinski definition) is 4. The van der Waals surface area contributed by atoms with Crippen molar-refractivity contribution in [1.29, 1.82) is 10.5 Å². The summed E-state index contributed by atoms with van der Waals surface area (Å²) in [5, 5.41) is 17.8. The van der Waals surface area contributed by atoms with Crippen LogP contribution in [-0.2, 0) is 13.1 Å². The van der Waals surface area contributed by atoms with Crippen molar-refractivity contribution in [2.24, 2.45) is 0 Å². The normalized spacial score (nSPS) is 17.0. The molecule has 1 atom stereocenters. The van der Waals surface area contributed by atoms with Crippen LogP contribution in [-0.4, -0.2) is 21.8 Å². The third-order valence-electron chi connectivity index (χ3n) is 4.07. The van der Waals surface area contributed by atoms with Gasteiger partial charge in [0.05, 0.1) is 23.3 Å². The van der Waals surface area contributed by atoms with E-state index in [2.05, 4.69) is 17.0 Å². The van der Waals surface area contributed by atoms with Crippen LogP contribution >= 0.6 is 24.0 Å². The van der Waals surface area contributed by atoms with E-state index in [-0.39, 0.29) is 0 Å². The topological polar surface area (TPSA) is 55.3 Å². The molecule has 1 aliphatic heterocycles. The number of nitriles is 2. The molecule has 1 saturated heterocycles. The van der Waals surface area contributed by atoms with Crippen LogP contribution in [0.1, 0.15) is 22.3 Å². The molecule has 0 aromatic heterocycles. The van der Waals surface area contributed by atoms with Crippen LogP contribution in [0.5, 0.6) is 0 Å². The highest BCUT2D eigenvalue weighted by molar-refractivity contribution is 8.22. The Morgan fingerprint density at radius 2 is 1.52 bits per heavy atom. The van der Waals surface area contributed by atoms with Crippen molar-refractivity contribution in [2.75, 3.05) is 12.5 Å². The lowest BCUT2D eigenvalue weighted by Gasteiger charge is -2.34. The molecule has 1 fully saturated rings. The number of nitrogens with zero attached hydrogens (tertiary/aromatic N) is 3. The average molecular weight is 366 g/mol. The first kappa shape index (κ1) is 17.4. The third kappa shape index (κ3) is 4.58. The number of rotatable bonds is 4. The van der Waals surface area contributed by atoms with Crippen LogP contribution in [0.15, 0.2) is 48.5 Å². The first-order chi connectivity index (χ1) is 12.2. The maximum atomic E-state index is 8.89. The molecule has 25 heavy (non-hydrogen) atoms. The van der Waals surface area contributed by atoms with E-state index < -0.39 is 0 Å². The summed E-state index contributed by atoms with van der Waals surface area (Å²) < 4.78 is 0.924. The second kappa shape index (κ2) is 8.13. The molecule has 1 heterocycles. The lowest BCUT2D eigenvalue weighted by atomic mass is 10.1. The largest absolute Gasteiger partial charge is 0.306 e. The predicted octanol–water partition coefficient (Wildman–Crippen LogP) is 2.26. The van der Waals surface area contributed by atoms with Crippen molar-refractivity contribution in [3.8, 4) is 12.1 Å². The average Bonchev–Trinajstić information content (AvgIpc) is 2.66. The summed E-state index contributed by atoms with van der Waals surface area (Å²) in [4.78, 5) is 3.64. The molecule has 2 aromatic rings. The fourth-order valence-electron chi connectivity index (χ4n) is 2.75. The zero-order chi connectivity index (χ0) is 17.6. The Morgan fingerprint density at radius 3 is 2.08 bits per heavy atom. The molecule has 0 radical (unpaired) electrons. The standard InChI is InChI=1S/C19H16N4S2/c20-9-15-1-5-17(6-2-15)11-22-13-23(19(24)25-14-22)12-18-7-3-16(10-21)4-8-18/h1-8H,11-14H2/p+1. The van der Waals surface area contributed by atoms with Crippen LogP contribution in [0.3, 0.4) is 0 Å². The van der Waals surface area contributed by atoms with E-state index in [1.54, 1.807) is 11.8 Å². The molecule has 1 aliphatic rings. The van der Waals surface area contributed by atoms with Gasteiger partial charge in [-0.05, 0) is 41.6 Å². The zero-order valence-electron chi connectivity index (χ0n) is 13.6. The van der Waals surface area contributed by atoms with Gasteiger partial charge in [0.1, 0.15) is 16.7 Å². The number of hydrogen-bond donors (Lipinski definition) is 1. The van der Waals surface area contributed by atoms with Gasteiger partial charge in [-0.3, -0.25) is 0 Å². The fraction of sp³-hybridized carbons (Fsp3) is 0.211. The molecule has 0 amide bonds. The van der Waals surface area contributed by atoms with Crippen molar-refractivity contribution >= 4 is 28.3 Å². The summed E-state index contributed by atoms with van der Waals surface area (Å²) in [6.07, 6.45) is 0. The van der Waals surface area contributed by atoms with Crippen molar-refractivity contribution in [3.63, 3.8) is 0 Å². The summed E-state index contributed by atoms with van der Waals surface area (Å²) in [5.74, 6) is 0.947. The third-order valence-corrected chi connectivity index (χ3v) is 5.74. The monoisotopic (exact) mass is 365 g/mol. The predicted molar refractivity (Wildman–Crippen MR) is 102 cm³/mol. The van der Waals surface area contributed by atoms with E-state index >= 15 is 0 Å². The molecule has 6 heteroatoms. The highest BCUT2D eigenvalue weighted by Crippen LogP contribution is 2.15. The summed E-state index contributed by atoms with van der Waals surface area (Å²) in [5.41, 5.74) is 3.74. The molecule has 124 valence electrons. The SMILES string of the molecule is N#Cc1ccc(CN2C[NH+](Cc3ccc(C#N)cc3)CSC2=S)cc1. The quantitative estimate of drug-likeness (QED) is 0.843. The van der Waals surface area contributed by atoms with E-state index in [4.69, 9.17) is 22.7 Å². The summed E-state index contributed by atoms with van der Waals surface area (Å²) in [6, 6.07) is 19.7. The fourth-order valence-corrected chi connectivity index (χ4v) is 3.89. The molecule has 0 aliphatic carbocycles. The van der Waals surface area contributed by atoms with Gasteiger partial charge in [0, 0.05) is 12.1 Å². The van der Waals surface area contributed by atoms with Crippen LogP contribution in [0, 0.1) is 22.7 Å². The summed E-state index contributed by atoms with van der Waals surface area (Å²) in [7, 11) is 0. The van der Waals surface area contributed by atoms with Gasteiger partial charge in [0.15, 0.2) is 6.67 Å².